The normalized spacial score (nSPS) is 14.0. The lowest BCUT2D eigenvalue weighted by Gasteiger charge is -2.12. The molecule has 0 unspecified atom stereocenters. The Morgan fingerprint density at radius 3 is 2.83 bits per heavy atom. The Morgan fingerprint density at radius 1 is 1.38 bits per heavy atom. The van der Waals surface area contributed by atoms with E-state index >= 15 is 0 Å². The average Bonchev–Trinajstić information content (AvgIpc) is 3.22. The number of amides is 3. The number of rotatable bonds is 7. The van der Waals surface area contributed by atoms with Crippen LogP contribution in [0.25, 0.3) is 0 Å². The number of anilines is 1. The summed E-state index contributed by atoms with van der Waals surface area (Å²) in [6.07, 6.45) is 5.66. The minimum absolute atomic E-state index is 0.106. The standard InChI is InChI=1S/C15H20N4O4S/c1-2-7-16-15-18-11(9-24-15)13(21)23-8-12(20)19-14(22)17-10-5-3-4-6-10/h2,9-10H,1,3-8H2,(H,16,18)(H2,17,19,20,22). The fraction of sp³-hybridized carbons (Fsp3) is 0.467. The number of urea groups is 1. The molecule has 3 amide bonds. The molecule has 2 rings (SSSR count). The van der Waals surface area contributed by atoms with Crippen LogP contribution in [-0.2, 0) is 9.53 Å². The highest BCUT2D eigenvalue weighted by atomic mass is 32.1. The maximum absolute atomic E-state index is 11.8. The second kappa shape index (κ2) is 9.02. The number of carbonyl (C=O) groups is 3. The Balaban J connectivity index is 1.70. The predicted molar refractivity (Wildman–Crippen MR) is 90.0 cm³/mol. The topological polar surface area (TPSA) is 109 Å². The fourth-order valence-corrected chi connectivity index (χ4v) is 2.96. The van der Waals surface area contributed by atoms with Crippen LogP contribution >= 0.6 is 11.3 Å². The van der Waals surface area contributed by atoms with Crippen molar-refractivity contribution >= 4 is 34.4 Å². The minimum Gasteiger partial charge on any atom is -0.451 e. The highest BCUT2D eigenvalue weighted by Gasteiger charge is 2.19. The van der Waals surface area contributed by atoms with Crippen LogP contribution in [0.5, 0.6) is 0 Å². The summed E-state index contributed by atoms with van der Waals surface area (Å²) < 4.78 is 4.84. The van der Waals surface area contributed by atoms with Gasteiger partial charge in [-0.3, -0.25) is 10.1 Å². The molecular formula is C15H20N4O4S. The Hall–Kier alpha value is -2.42. The summed E-state index contributed by atoms with van der Waals surface area (Å²) >= 11 is 1.24. The number of carbonyl (C=O) groups excluding carboxylic acids is 3. The zero-order valence-electron chi connectivity index (χ0n) is 13.2. The van der Waals surface area contributed by atoms with E-state index in [-0.39, 0.29) is 11.7 Å². The largest absolute Gasteiger partial charge is 0.451 e. The van der Waals surface area contributed by atoms with E-state index in [0.717, 1.165) is 25.7 Å². The molecule has 1 aliphatic carbocycles. The van der Waals surface area contributed by atoms with Crippen molar-refractivity contribution in [3.8, 4) is 0 Å². The van der Waals surface area contributed by atoms with E-state index in [9.17, 15) is 14.4 Å². The molecule has 0 aromatic carbocycles. The Morgan fingerprint density at radius 2 is 2.12 bits per heavy atom. The third kappa shape index (κ3) is 5.65. The SMILES string of the molecule is C=CCNc1nc(C(=O)OCC(=O)NC(=O)NC2CCCC2)cs1. The van der Waals surface area contributed by atoms with Crippen molar-refractivity contribution in [2.24, 2.45) is 0 Å². The van der Waals surface area contributed by atoms with E-state index in [0.29, 0.717) is 11.7 Å². The first kappa shape index (κ1) is 17.9. The number of thiazole rings is 1. The molecule has 1 aliphatic rings. The molecule has 24 heavy (non-hydrogen) atoms. The highest BCUT2D eigenvalue weighted by Crippen LogP contribution is 2.17. The molecule has 0 atom stereocenters. The summed E-state index contributed by atoms with van der Waals surface area (Å²) in [5.41, 5.74) is 0.106. The quantitative estimate of drug-likeness (QED) is 0.509. The van der Waals surface area contributed by atoms with Crippen molar-refractivity contribution in [2.45, 2.75) is 31.7 Å². The number of nitrogens with one attached hydrogen (secondary N) is 3. The molecule has 8 nitrogen and oxygen atoms in total. The number of hydrogen-bond donors (Lipinski definition) is 3. The molecule has 9 heteroatoms. The molecule has 0 radical (unpaired) electrons. The van der Waals surface area contributed by atoms with Gasteiger partial charge in [0.15, 0.2) is 17.4 Å². The maximum atomic E-state index is 11.8. The van der Waals surface area contributed by atoms with Crippen molar-refractivity contribution in [3.05, 3.63) is 23.7 Å². The Labute approximate surface area is 143 Å². The average molecular weight is 352 g/mol. The van der Waals surface area contributed by atoms with Crippen LogP contribution in [0, 0.1) is 0 Å². The number of nitrogens with zero attached hydrogens (tertiary/aromatic N) is 1. The molecule has 1 aromatic heterocycles. The lowest BCUT2D eigenvalue weighted by molar-refractivity contribution is -0.123. The molecular weight excluding hydrogens is 332 g/mol. The number of hydrogen-bond acceptors (Lipinski definition) is 7. The molecule has 0 saturated heterocycles. The van der Waals surface area contributed by atoms with E-state index in [4.69, 9.17) is 4.74 Å². The first-order valence-electron chi connectivity index (χ1n) is 7.66. The first-order valence-corrected chi connectivity index (χ1v) is 8.54. The van der Waals surface area contributed by atoms with Gasteiger partial charge in [-0.25, -0.2) is 14.6 Å². The van der Waals surface area contributed by atoms with E-state index in [1.54, 1.807) is 6.08 Å². The van der Waals surface area contributed by atoms with Gasteiger partial charge >= 0.3 is 12.0 Å². The third-order valence-electron chi connectivity index (χ3n) is 3.39. The molecule has 1 fully saturated rings. The molecule has 1 heterocycles. The first-order chi connectivity index (χ1) is 11.6. The van der Waals surface area contributed by atoms with Crippen molar-refractivity contribution in [2.75, 3.05) is 18.5 Å². The van der Waals surface area contributed by atoms with Crippen LogP contribution in [0.4, 0.5) is 9.93 Å². The van der Waals surface area contributed by atoms with Crippen molar-refractivity contribution in [1.82, 2.24) is 15.6 Å². The fourth-order valence-electron chi connectivity index (χ4n) is 2.27. The monoisotopic (exact) mass is 352 g/mol. The van der Waals surface area contributed by atoms with Gasteiger partial charge in [-0.15, -0.1) is 17.9 Å². The lowest BCUT2D eigenvalue weighted by atomic mass is 10.2. The molecule has 3 N–H and O–H groups in total. The van der Waals surface area contributed by atoms with Crippen LogP contribution in [0.1, 0.15) is 36.2 Å². The van der Waals surface area contributed by atoms with Crippen LogP contribution in [0.2, 0.25) is 0 Å². The van der Waals surface area contributed by atoms with Gasteiger partial charge < -0.3 is 15.4 Å². The van der Waals surface area contributed by atoms with Crippen molar-refractivity contribution in [3.63, 3.8) is 0 Å². The van der Waals surface area contributed by atoms with E-state index in [1.165, 1.54) is 16.7 Å². The van der Waals surface area contributed by atoms with E-state index in [2.05, 4.69) is 27.5 Å². The van der Waals surface area contributed by atoms with Gasteiger partial charge in [0, 0.05) is 18.0 Å². The Kier molecular flexibility index (Phi) is 6.74. The molecule has 0 spiro atoms. The van der Waals surface area contributed by atoms with Gasteiger partial charge in [-0.1, -0.05) is 18.9 Å². The zero-order valence-corrected chi connectivity index (χ0v) is 14.0. The summed E-state index contributed by atoms with van der Waals surface area (Å²) in [5.74, 6) is -1.40. The molecule has 0 bridgehead atoms. The summed E-state index contributed by atoms with van der Waals surface area (Å²) in [7, 11) is 0. The molecule has 0 aliphatic heterocycles. The van der Waals surface area contributed by atoms with Crippen LogP contribution in [0.15, 0.2) is 18.0 Å². The number of esters is 1. The number of imide groups is 1. The Bertz CT molecular complexity index is 610. The zero-order chi connectivity index (χ0) is 17.4. The number of ether oxygens (including phenoxy) is 1. The van der Waals surface area contributed by atoms with Gasteiger partial charge in [-0.05, 0) is 12.8 Å². The third-order valence-corrected chi connectivity index (χ3v) is 4.19. The summed E-state index contributed by atoms with van der Waals surface area (Å²) in [5, 5.41) is 9.88. The van der Waals surface area contributed by atoms with E-state index < -0.39 is 24.5 Å². The van der Waals surface area contributed by atoms with Crippen molar-refractivity contribution in [1.29, 1.82) is 0 Å². The smallest absolute Gasteiger partial charge is 0.358 e. The van der Waals surface area contributed by atoms with Crippen LogP contribution < -0.4 is 16.0 Å². The van der Waals surface area contributed by atoms with Crippen molar-refractivity contribution < 1.29 is 19.1 Å². The van der Waals surface area contributed by atoms with Gasteiger partial charge in [-0.2, -0.15) is 0 Å². The van der Waals surface area contributed by atoms with Gasteiger partial charge in [0.05, 0.1) is 0 Å². The second-order valence-corrected chi connectivity index (χ2v) is 6.14. The minimum atomic E-state index is -0.718. The van der Waals surface area contributed by atoms with Gasteiger partial charge in [0.25, 0.3) is 5.91 Å². The maximum Gasteiger partial charge on any atom is 0.358 e. The van der Waals surface area contributed by atoms with Gasteiger partial charge in [0.1, 0.15) is 0 Å². The second-order valence-electron chi connectivity index (χ2n) is 5.29. The molecule has 1 saturated carbocycles. The molecule has 1 aromatic rings. The van der Waals surface area contributed by atoms with Gasteiger partial charge in [0.2, 0.25) is 0 Å². The summed E-state index contributed by atoms with van der Waals surface area (Å²) in [6, 6.07) is -0.454. The van der Waals surface area contributed by atoms with Crippen LogP contribution in [0.3, 0.4) is 0 Å². The van der Waals surface area contributed by atoms with E-state index in [1.807, 2.05) is 0 Å². The molecule has 130 valence electrons. The summed E-state index contributed by atoms with van der Waals surface area (Å²) in [6.45, 7) is 3.56. The number of aromatic nitrogens is 1. The van der Waals surface area contributed by atoms with Crippen LogP contribution in [-0.4, -0.2) is 42.1 Å². The summed E-state index contributed by atoms with van der Waals surface area (Å²) in [4.78, 5) is 39.1. The highest BCUT2D eigenvalue weighted by molar-refractivity contribution is 7.13. The lowest BCUT2D eigenvalue weighted by Crippen LogP contribution is -2.45. The predicted octanol–water partition coefficient (Wildman–Crippen LogP) is 1.67.